The first-order valence-electron chi connectivity index (χ1n) is 6.91. The molecule has 0 aliphatic heterocycles. The molecule has 0 aliphatic rings. The Bertz CT molecular complexity index is 841. The van der Waals surface area contributed by atoms with Crippen LogP contribution in [0.3, 0.4) is 0 Å². The van der Waals surface area contributed by atoms with Gasteiger partial charge in [-0.2, -0.15) is 4.98 Å². The Hall–Kier alpha value is -3.13. The van der Waals surface area contributed by atoms with E-state index in [9.17, 15) is 9.59 Å². The topological polar surface area (TPSA) is 93.5 Å². The van der Waals surface area contributed by atoms with Crippen molar-refractivity contribution in [2.24, 2.45) is 0 Å². The summed E-state index contributed by atoms with van der Waals surface area (Å²) in [5, 5.41) is 6.96. The third-order valence-corrected chi connectivity index (χ3v) is 3.92. The van der Waals surface area contributed by atoms with E-state index in [2.05, 4.69) is 15.6 Å². The van der Waals surface area contributed by atoms with E-state index in [4.69, 9.17) is 9.15 Å². The number of benzene rings is 1. The Morgan fingerprint density at radius 2 is 1.92 bits per heavy atom. The van der Waals surface area contributed by atoms with Crippen molar-refractivity contribution in [1.82, 2.24) is 4.98 Å². The molecule has 0 saturated carbocycles. The molecule has 0 unspecified atom stereocenters. The van der Waals surface area contributed by atoms with E-state index in [0.29, 0.717) is 16.3 Å². The van der Waals surface area contributed by atoms with Crippen molar-refractivity contribution in [2.45, 2.75) is 0 Å². The van der Waals surface area contributed by atoms with Crippen molar-refractivity contribution < 1.29 is 18.7 Å². The second-order valence-electron chi connectivity index (χ2n) is 4.65. The minimum Gasteiger partial charge on any atom is -0.497 e. The van der Waals surface area contributed by atoms with E-state index in [0.717, 1.165) is 0 Å². The fourth-order valence-electron chi connectivity index (χ4n) is 1.87. The number of nitrogens with one attached hydrogen (secondary N) is 2. The van der Waals surface area contributed by atoms with Crippen molar-refractivity contribution >= 4 is 34.9 Å². The molecule has 122 valence electrons. The molecule has 0 saturated heterocycles. The standard InChI is InChI=1S/C16H13N3O4S/c1-22-11-6-4-10(5-7-11)17-14(20)12-9-23-16(18-12)19-15(21)13-3-2-8-24-13/h2-9H,1H3,(H,17,20)(H,18,19,21). The molecular formula is C16H13N3O4S. The van der Waals surface area contributed by atoms with Crippen LogP contribution in [0.5, 0.6) is 5.75 Å². The van der Waals surface area contributed by atoms with Crippen LogP contribution in [0.2, 0.25) is 0 Å². The predicted octanol–water partition coefficient (Wildman–Crippen LogP) is 3.25. The van der Waals surface area contributed by atoms with Gasteiger partial charge in [0, 0.05) is 5.69 Å². The highest BCUT2D eigenvalue weighted by Gasteiger charge is 2.15. The van der Waals surface area contributed by atoms with Gasteiger partial charge in [0.1, 0.15) is 12.0 Å². The van der Waals surface area contributed by atoms with E-state index in [1.165, 1.54) is 17.6 Å². The molecule has 7 nitrogen and oxygen atoms in total. The van der Waals surface area contributed by atoms with Gasteiger partial charge < -0.3 is 14.5 Å². The van der Waals surface area contributed by atoms with E-state index >= 15 is 0 Å². The average molecular weight is 343 g/mol. The normalized spacial score (nSPS) is 10.2. The highest BCUT2D eigenvalue weighted by Crippen LogP contribution is 2.17. The summed E-state index contributed by atoms with van der Waals surface area (Å²) in [7, 11) is 1.56. The molecule has 3 aromatic rings. The van der Waals surface area contributed by atoms with E-state index in [1.54, 1.807) is 48.9 Å². The molecule has 3 rings (SSSR count). The van der Waals surface area contributed by atoms with Gasteiger partial charge >= 0.3 is 6.01 Å². The van der Waals surface area contributed by atoms with Crippen molar-refractivity contribution in [1.29, 1.82) is 0 Å². The van der Waals surface area contributed by atoms with Gasteiger partial charge in [-0.15, -0.1) is 11.3 Å². The maximum atomic E-state index is 12.1. The van der Waals surface area contributed by atoms with Gasteiger partial charge in [-0.3, -0.25) is 14.9 Å². The zero-order valence-electron chi connectivity index (χ0n) is 12.6. The van der Waals surface area contributed by atoms with Crippen LogP contribution in [0.15, 0.2) is 52.5 Å². The maximum absolute atomic E-state index is 12.1. The summed E-state index contributed by atoms with van der Waals surface area (Å²) in [5.74, 6) is -0.0949. The number of ether oxygens (including phenoxy) is 1. The number of anilines is 2. The summed E-state index contributed by atoms with van der Waals surface area (Å²) in [6.07, 6.45) is 1.18. The largest absolute Gasteiger partial charge is 0.497 e. The maximum Gasteiger partial charge on any atom is 0.302 e. The monoisotopic (exact) mass is 343 g/mol. The summed E-state index contributed by atoms with van der Waals surface area (Å²) in [6.45, 7) is 0. The molecule has 0 bridgehead atoms. The minimum atomic E-state index is -0.444. The first-order chi connectivity index (χ1) is 11.7. The van der Waals surface area contributed by atoms with Gasteiger partial charge in [0.15, 0.2) is 5.69 Å². The predicted molar refractivity (Wildman–Crippen MR) is 89.7 cm³/mol. The molecule has 2 N–H and O–H groups in total. The number of thiophene rings is 1. The first-order valence-corrected chi connectivity index (χ1v) is 7.79. The lowest BCUT2D eigenvalue weighted by Crippen LogP contribution is -2.13. The van der Waals surface area contributed by atoms with E-state index in [-0.39, 0.29) is 17.6 Å². The fourth-order valence-corrected chi connectivity index (χ4v) is 2.49. The third kappa shape index (κ3) is 3.61. The number of rotatable bonds is 5. The van der Waals surface area contributed by atoms with E-state index < -0.39 is 5.91 Å². The van der Waals surface area contributed by atoms with Crippen LogP contribution in [-0.4, -0.2) is 23.9 Å². The number of aromatic nitrogens is 1. The Kier molecular flexibility index (Phi) is 4.57. The molecular weight excluding hydrogens is 330 g/mol. The van der Waals surface area contributed by atoms with Crippen LogP contribution < -0.4 is 15.4 Å². The van der Waals surface area contributed by atoms with Crippen molar-refractivity contribution in [3.05, 3.63) is 58.6 Å². The second kappa shape index (κ2) is 6.97. The number of carbonyl (C=O) groups is 2. The van der Waals surface area contributed by atoms with Crippen LogP contribution in [0.4, 0.5) is 11.7 Å². The van der Waals surface area contributed by atoms with Crippen LogP contribution in [0, 0.1) is 0 Å². The molecule has 0 atom stereocenters. The quantitative estimate of drug-likeness (QED) is 0.742. The molecule has 1 aromatic carbocycles. The molecule has 2 heterocycles. The zero-order chi connectivity index (χ0) is 16.9. The Morgan fingerprint density at radius 1 is 1.12 bits per heavy atom. The van der Waals surface area contributed by atoms with Gasteiger partial charge in [-0.1, -0.05) is 6.07 Å². The summed E-state index contributed by atoms with van der Waals surface area (Å²) in [6, 6.07) is 10.3. The van der Waals surface area contributed by atoms with Crippen LogP contribution in [0.25, 0.3) is 0 Å². The summed E-state index contributed by atoms with van der Waals surface area (Å²) in [4.78, 5) is 28.5. The molecule has 0 spiro atoms. The average Bonchev–Trinajstić information content (AvgIpc) is 3.27. The van der Waals surface area contributed by atoms with Gasteiger partial charge in [-0.25, -0.2) is 0 Å². The van der Waals surface area contributed by atoms with Gasteiger partial charge in [0.25, 0.3) is 11.8 Å². The van der Waals surface area contributed by atoms with Gasteiger partial charge in [0.05, 0.1) is 12.0 Å². The number of amides is 2. The van der Waals surface area contributed by atoms with Gasteiger partial charge in [-0.05, 0) is 35.7 Å². The smallest absolute Gasteiger partial charge is 0.302 e. The summed E-state index contributed by atoms with van der Waals surface area (Å²) >= 11 is 1.30. The molecule has 0 fully saturated rings. The van der Waals surface area contributed by atoms with Gasteiger partial charge in [0.2, 0.25) is 0 Å². The van der Waals surface area contributed by atoms with Crippen molar-refractivity contribution in [2.75, 3.05) is 17.7 Å². The Balaban J connectivity index is 1.63. The van der Waals surface area contributed by atoms with Crippen molar-refractivity contribution in [3.63, 3.8) is 0 Å². The highest BCUT2D eigenvalue weighted by molar-refractivity contribution is 7.12. The van der Waals surface area contributed by atoms with Crippen LogP contribution >= 0.6 is 11.3 Å². The molecule has 24 heavy (non-hydrogen) atoms. The fraction of sp³-hybridized carbons (Fsp3) is 0.0625. The number of hydrogen-bond acceptors (Lipinski definition) is 6. The number of nitrogens with zero attached hydrogens (tertiary/aromatic N) is 1. The molecule has 2 aromatic heterocycles. The lowest BCUT2D eigenvalue weighted by Gasteiger charge is -2.04. The van der Waals surface area contributed by atoms with Crippen LogP contribution in [0.1, 0.15) is 20.2 Å². The van der Waals surface area contributed by atoms with Crippen molar-refractivity contribution in [3.8, 4) is 5.75 Å². The number of oxazole rings is 1. The van der Waals surface area contributed by atoms with Crippen LogP contribution in [-0.2, 0) is 0 Å². The first kappa shape index (κ1) is 15.8. The Labute approximate surface area is 141 Å². The Morgan fingerprint density at radius 3 is 2.58 bits per heavy atom. The highest BCUT2D eigenvalue weighted by atomic mass is 32.1. The minimum absolute atomic E-state index is 0.0340. The second-order valence-corrected chi connectivity index (χ2v) is 5.60. The third-order valence-electron chi connectivity index (χ3n) is 3.05. The number of carbonyl (C=O) groups excluding carboxylic acids is 2. The SMILES string of the molecule is COc1ccc(NC(=O)c2coc(NC(=O)c3cccs3)n2)cc1. The number of hydrogen-bond donors (Lipinski definition) is 2. The summed E-state index contributed by atoms with van der Waals surface area (Å²) in [5.41, 5.74) is 0.653. The molecule has 2 amide bonds. The molecule has 0 radical (unpaired) electrons. The lowest BCUT2D eigenvalue weighted by molar-refractivity contribution is 0.101. The molecule has 0 aliphatic carbocycles. The lowest BCUT2D eigenvalue weighted by atomic mass is 10.3. The molecule has 8 heteroatoms. The number of methoxy groups -OCH3 is 1. The summed E-state index contributed by atoms with van der Waals surface area (Å²) < 4.78 is 10.2. The van der Waals surface area contributed by atoms with E-state index in [1.807, 2.05) is 0 Å². The zero-order valence-corrected chi connectivity index (χ0v) is 13.4.